The van der Waals surface area contributed by atoms with Gasteiger partial charge in [0.15, 0.2) is 0 Å². The minimum absolute atomic E-state index is 0.493. The molecule has 0 saturated heterocycles. The van der Waals surface area contributed by atoms with E-state index in [4.69, 9.17) is 0 Å². The predicted molar refractivity (Wildman–Crippen MR) is 94.5 cm³/mol. The molecule has 0 unspecified atom stereocenters. The molecule has 3 heteroatoms. The number of rotatable bonds is 6. The van der Waals surface area contributed by atoms with Crippen LogP contribution in [0.15, 0.2) is 18.2 Å². The van der Waals surface area contributed by atoms with Crippen molar-refractivity contribution in [3.63, 3.8) is 0 Å². The summed E-state index contributed by atoms with van der Waals surface area (Å²) in [5.41, 5.74) is 5.63. The van der Waals surface area contributed by atoms with Gasteiger partial charge in [-0.2, -0.15) is 0 Å². The number of likely N-dealkylation sites (N-methyl/N-ethyl adjacent to an activating group) is 1. The third kappa shape index (κ3) is 3.06. The molecule has 2 aromatic rings. The smallest absolute Gasteiger partial charge is 0.0476 e. The summed E-state index contributed by atoms with van der Waals surface area (Å²) in [6.45, 7) is 11.1. The van der Waals surface area contributed by atoms with Crippen LogP contribution in [-0.2, 0) is 6.42 Å². The van der Waals surface area contributed by atoms with Crippen molar-refractivity contribution in [3.05, 3.63) is 35.0 Å². The van der Waals surface area contributed by atoms with Gasteiger partial charge in [0.2, 0.25) is 0 Å². The number of aromatic amines is 1. The number of nitrogens with zero attached hydrogens (tertiary/aromatic N) is 1. The van der Waals surface area contributed by atoms with Gasteiger partial charge in [-0.15, -0.1) is 0 Å². The van der Waals surface area contributed by atoms with Crippen molar-refractivity contribution in [2.75, 3.05) is 26.2 Å². The van der Waals surface area contributed by atoms with Crippen LogP contribution in [0.25, 0.3) is 10.9 Å². The molecular weight excluding hydrogens is 270 g/mol. The van der Waals surface area contributed by atoms with Crippen LogP contribution >= 0.6 is 0 Å². The SMILES string of the molecule is CCN(CC)CCN[C@@H]1CCCc2c1[nH]c1ccc(C)cc21. The summed E-state index contributed by atoms with van der Waals surface area (Å²) < 4.78 is 0. The van der Waals surface area contributed by atoms with E-state index in [9.17, 15) is 0 Å². The number of benzene rings is 1. The molecule has 0 spiro atoms. The van der Waals surface area contributed by atoms with Crippen LogP contribution in [0.1, 0.15) is 49.6 Å². The molecule has 22 heavy (non-hydrogen) atoms. The van der Waals surface area contributed by atoms with Crippen LogP contribution in [0, 0.1) is 6.92 Å². The first kappa shape index (κ1) is 15.6. The van der Waals surface area contributed by atoms with E-state index in [0.717, 1.165) is 26.2 Å². The minimum atomic E-state index is 0.493. The van der Waals surface area contributed by atoms with E-state index in [1.165, 1.54) is 41.4 Å². The molecule has 1 aliphatic carbocycles. The van der Waals surface area contributed by atoms with E-state index in [1.54, 1.807) is 5.56 Å². The molecule has 0 radical (unpaired) electrons. The minimum Gasteiger partial charge on any atom is -0.357 e. The average molecular weight is 299 g/mol. The van der Waals surface area contributed by atoms with E-state index in [1.807, 2.05) is 0 Å². The van der Waals surface area contributed by atoms with Gasteiger partial charge in [0.05, 0.1) is 0 Å². The highest BCUT2D eigenvalue weighted by Gasteiger charge is 2.23. The van der Waals surface area contributed by atoms with E-state index in [-0.39, 0.29) is 0 Å². The molecule has 1 atom stereocenters. The van der Waals surface area contributed by atoms with Gasteiger partial charge in [-0.1, -0.05) is 25.5 Å². The Morgan fingerprint density at radius 2 is 2.09 bits per heavy atom. The molecule has 2 N–H and O–H groups in total. The normalized spacial score (nSPS) is 18.1. The Morgan fingerprint density at radius 1 is 1.27 bits per heavy atom. The zero-order valence-electron chi connectivity index (χ0n) is 14.2. The van der Waals surface area contributed by atoms with Gasteiger partial charge in [-0.05, 0) is 57.0 Å². The number of nitrogens with one attached hydrogen (secondary N) is 2. The van der Waals surface area contributed by atoms with Gasteiger partial charge in [-0.25, -0.2) is 0 Å². The van der Waals surface area contributed by atoms with Gasteiger partial charge in [-0.3, -0.25) is 0 Å². The summed E-state index contributed by atoms with van der Waals surface area (Å²) in [5.74, 6) is 0. The van der Waals surface area contributed by atoms with E-state index in [0.29, 0.717) is 6.04 Å². The van der Waals surface area contributed by atoms with Gasteiger partial charge in [0.1, 0.15) is 0 Å². The molecule has 1 heterocycles. The highest BCUT2D eigenvalue weighted by molar-refractivity contribution is 5.85. The third-order valence-corrected chi connectivity index (χ3v) is 5.08. The topological polar surface area (TPSA) is 31.1 Å². The molecule has 3 nitrogen and oxygen atoms in total. The summed E-state index contributed by atoms with van der Waals surface area (Å²) >= 11 is 0. The maximum absolute atomic E-state index is 3.78. The van der Waals surface area contributed by atoms with Gasteiger partial charge >= 0.3 is 0 Å². The molecule has 1 aliphatic rings. The molecule has 0 aliphatic heterocycles. The Hall–Kier alpha value is -1.32. The van der Waals surface area contributed by atoms with Crippen LogP contribution in [0.5, 0.6) is 0 Å². The van der Waals surface area contributed by atoms with Crippen molar-refractivity contribution in [3.8, 4) is 0 Å². The summed E-state index contributed by atoms with van der Waals surface area (Å²) in [6.07, 6.45) is 3.75. The molecule has 0 bridgehead atoms. The lowest BCUT2D eigenvalue weighted by Crippen LogP contribution is -2.34. The van der Waals surface area contributed by atoms with Crippen LogP contribution in [-0.4, -0.2) is 36.1 Å². The molecule has 0 amide bonds. The Balaban J connectivity index is 1.75. The molecule has 120 valence electrons. The number of aryl methyl sites for hydroxylation is 2. The van der Waals surface area contributed by atoms with Gasteiger partial charge < -0.3 is 15.2 Å². The molecular formula is C19H29N3. The van der Waals surface area contributed by atoms with Crippen LogP contribution in [0.2, 0.25) is 0 Å². The van der Waals surface area contributed by atoms with Crippen molar-refractivity contribution in [1.82, 2.24) is 15.2 Å². The standard InChI is InChI=1S/C19H29N3/c1-4-22(5-2)12-11-20-18-8-6-7-15-16-13-14(3)9-10-17(16)21-19(15)18/h9-10,13,18,20-21H,4-8,11-12H2,1-3H3/t18-/m1/s1. The molecule has 0 fully saturated rings. The maximum Gasteiger partial charge on any atom is 0.0476 e. The van der Waals surface area contributed by atoms with Gasteiger partial charge in [0, 0.05) is 35.7 Å². The summed E-state index contributed by atoms with van der Waals surface area (Å²) in [6, 6.07) is 7.26. The first-order valence-corrected chi connectivity index (χ1v) is 8.79. The molecule has 0 saturated carbocycles. The fraction of sp³-hybridized carbons (Fsp3) is 0.579. The van der Waals surface area contributed by atoms with Crippen molar-refractivity contribution in [2.24, 2.45) is 0 Å². The Labute approximate surface area is 134 Å². The fourth-order valence-corrected chi connectivity index (χ4v) is 3.72. The maximum atomic E-state index is 3.78. The zero-order valence-corrected chi connectivity index (χ0v) is 14.2. The largest absolute Gasteiger partial charge is 0.357 e. The van der Waals surface area contributed by atoms with Crippen LogP contribution in [0.3, 0.4) is 0 Å². The van der Waals surface area contributed by atoms with Gasteiger partial charge in [0.25, 0.3) is 0 Å². The number of hydrogen-bond donors (Lipinski definition) is 2. The molecule has 3 rings (SSSR count). The Morgan fingerprint density at radius 3 is 2.86 bits per heavy atom. The lowest BCUT2D eigenvalue weighted by atomic mass is 9.91. The van der Waals surface area contributed by atoms with E-state index < -0.39 is 0 Å². The van der Waals surface area contributed by atoms with E-state index in [2.05, 4.69) is 54.2 Å². The highest BCUT2D eigenvalue weighted by atomic mass is 15.1. The van der Waals surface area contributed by atoms with Crippen molar-refractivity contribution in [1.29, 1.82) is 0 Å². The van der Waals surface area contributed by atoms with Crippen molar-refractivity contribution in [2.45, 2.75) is 46.1 Å². The van der Waals surface area contributed by atoms with Crippen LogP contribution < -0.4 is 5.32 Å². The number of H-pyrrole nitrogens is 1. The lowest BCUT2D eigenvalue weighted by molar-refractivity contribution is 0.292. The molecule has 1 aromatic carbocycles. The highest BCUT2D eigenvalue weighted by Crippen LogP contribution is 2.34. The fourth-order valence-electron chi connectivity index (χ4n) is 3.72. The number of fused-ring (bicyclic) bond motifs is 3. The monoisotopic (exact) mass is 299 g/mol. The first-order chi connectivity index (χ1) is 10.7. The second-order valence-electron chi connectivity index (χ2n) is 6.49. The third-order valence-electron chi connectivity index (χ3n) is 5.08. The summed E-state index contributed by atoms with van der Waals surface area (Å²) in [7, 11) is 0. The second-order valence-corrected chi connectivity index (χ2v) is 6.49. The van der Waals surface area contributed by atoms with E-state index >= 15 is 0 Å². The number of hydrogen-bond acceptors (Lipinski definition) is 2. The Bertz CT molecular complexity index is 625. The first-order valence-electron chi connectivity index (χ1n) is 8.79. The van der Waals surface area contributed by atoms with Crippen molar-refractivity contribution < 1.29 is 0 Å². The predicted octanol–water partition coefficient (Wildman–Crippen LogP) is 3.79. The van der Waals surface area contributed by atoms with Crippen LogP contribution in [0.4, 0.5) is 0 Å². The lowest BCUT2D eigenvalue weighted by Gasteiger charge is -2.26. The quantitative estimate of drug-likeness (QED) is 0.850. The average Bonchev–Trinajstić information content (AvgIpc) is 2.90. The second kappa shape index (κ2) is 6.84. The zero-order chi connectivity index (χ0) is 15.5. The Kier molecular flexibility index (Phi) is 4.84. The molecule has 1 aromatic heterocycles. The summed E-state index contributed by atoms with van der Waals surface area (Å²) in [4.78, 5) is 6.16. The van der Waals surface area contributed by atoms with Crippen molar-refractivity contribution >= 4 is 10.9 Å². The summed E-state index contributed by atoms with van der Waals surface area (Å²) in [5, 5.41) is 5.21. The number of aromatic nitrogens is 1.